The van der Waals surface area contributed by atoms with Gasteiger partial charge in [0.1, 0.15) is 90.4 Å². The van der Waals surface area contributed by atoms with Crippen molar-refractivity contribution < 1.29 is 139 Å². The summed E-state index contributed by atoms with van der Waals surface area (Å²) >= 11 is 0. The molecule has 488 valence electrons. The first-order valence-corrected chi connectivity index (χ1v) is 29.9. The van der Waals surface area contributed by atoms with Crippen molar-refractivity contribution in [3.05, 3.63) is 11.6 Å². The minimum absolute atomic E-state index is 0.0767. The first-order valence-electron chi connectivity index (χ1n) is 29.9. The lowest BCUT2D eigenvalue weighted by Crippen LogP contribution is -2.71. The number of aliphatic hydroxyl groups excluding tert-OH is 16. The zero-order valence-electron chi connectivity index (χ0n) is 48.8. The molecule has 0 amide bonds. The molecule has 28 nitrogen and oxygen atoms in total. The van der Waals surface area contributed by atoms with Crippen LogP contribution in [0.2, 0.25) is 0 Å². The van der Waals surface area contributed by atoms with Crippen LogP contribution >= 0.6 is 0 Å². The molecule has 5 aliphatic carbocycles. The second-order valence-electron chi connectivity index (χ2n) is 27.9. The quantitative estimate of drug-likeness (QED) is 0.0439. The van der Waals surface area contributed by atoms with Gasteiger partial charge in [-0.05, 0) is 97.7 Å². The van der Waals surface area contributed by atoms with Crippen molar-refractivity contribution in [3.63, 3.8) is 0 Å². The Balaban J connectivity index is 0.864. The van der Waals surface area contributed by atoms with Crippen molar-refractivity contribution in [3.8, 4) is 0 Å². The number of aliphatic hydroxyl groups is 17. The first-order chi connectivity index (χ1) is 39.9. The van der Waals surface area contributed by atoms with Gasteiger partial charge in [-0.2, -0.15) is 0 Å². The van der Waals surface area contributed by atoms with Crippen LogP contribution in [0.3, 0.4) is 0 Å². The Morgan fingerprint density at radius 2 is 1.24 bits per heavy atom. The smallest absolute Gasteiger partial charge is 0.317 e. The molecule has 5 heterocycles. The van der Waals surface area contributed by atoms with Gasteiger partial charge < -0.3 is 134 Å². The summed E-state index contributed by atoms with van der Waals surface area (Å²) in [5, 5.41) is 188. The fourth-order valence-electron chi connectivity index (χ4n) is 17.4. The van der Waals surface area contributed by atoms with Crippen LogP contribution in [0.4, 0.5) is 0 Å². The summed E-state index contributed by atoms with van der Waals surface area (Å²) in [5.74, 6) is -2.25. The van der Waals surface area contributed by atoms with Gasteiger partial charge in [0, 0.05) is 5.41 Å². The first kappa shape index (κ1) is 66.1. The molecule has 0 aromatic rings. The molecule has 0 radical (unpaired) electrons. The normalized spacial score (nSPS) is 54.0. The Kier molecular flexibility index (Phi) is 18.7. The third kappa shape index (κ3) is 10.6. The number of allylic oxidation sites excluding steroid dienone is 2. The number of carbonyl (C=O) groups is 1. The van der Waals surface area contributed by atoms with E-state index in [1.54, 1.807) is 0 Å². The molecule has 17 N–H and O–H groups in total. The lowest BCUT2D eigenvalue weighted by atomic mass is 9.33. The van der Waals surface area contributed by atoms with Crippen LogP contribution in [-0.2, 0) is 52.2 Å². The molecule has 0 aromatic carbocycles. The monoisotopic (exact) mass is 1220 g/mol. The van der Waals surface area contributed by atoms with Gasteiger partial charge in [0.05, 0.1) is 70.7 Å². The van der Waals surface area contributed by atoms with Crippen molar-refractivity contribution in [2.45, 2.75) is 240 Å². The molecule has 4 saturated carbocycles. The maximum atomic E-state index is 15.4. The summed E-state index contributed by atoms with van der Waals surface area (Å²) in [6, 6.07) is 0. The fraction of sp³-hybridized carbons (Fsp3) is 0.947. The highest BCUT2D eigenvalue weighted by Crippen LogP contribution is 2.76. The van der Waals surface area contributed by atoms with E-state index < -0.39 is 238 Å². The van der Waals surface area contributed by atoms with Gasteiger partial charge >= 0.3 is 5.97 Å². The van der Waals surface area contributed by atoms with Crippen molar-refractivity contribution in [1.29, 1.82) is 0 Å². The zero-order chi connectivity index (χ0) is 62.1. The van der Waals surface area contributed by atoms with Gasteiger partial charge in [-0.1, -0.05) is 46.3 Å². The molecule has 10 rings (SSSR count). The zero-order valence-corrected chi connectivity index (χ0v) is 48.8. The van der Waals surface area contributed by atoms with Crippen LogP contribution in [0.1, 0.15) is 92.9 Å². The van der Waals surface area contributed by atoms with Gasteiger partial charge in [0.15, 0.2) is 31.3 Å². The summed E-state index contributed by atoms with van der Waals surface area (Å²) in [4.78, 5) is 15.4. The molecule has 85 heavy (non-hydrogen) atoms. The predicted molar refractivity (Wildman–Crippen MR) is 282 cm³/mol. The number of fused-ring (bicyclic) bond motifs is 7. The highest BCUT2D eigenvalue weighted by molar-refractivity contribution is 5.80. The van der Waals surface area contributed by atoms with Crippen molar-refractivity contribution in [2.24, 2.45) is 50.2 Å². The molecular weight excluding hydrogens is 1130 g/mol. The lowest BCUT2D eigenvalue weighted by molar-refractivity contribution is -0.372. The minimum Gasteiger partial charge on any atom is -0.432 e. The molecule has 3 unspecified atom stereocenters. The molecule has 5 saturated heterocycles. The Labute approximate surface area is 491 Å². The van der Waals surface area contributed by atoms with Gasteiger partial charge in [-0.25, -0.2) is 0 Å². The third-order valence-electron chi connectivity index (χ3n) is 22.6. The Morgan fingerprint density at radius 1 is 0.600 bits per heavy atom. The van der Waals surface area contributed by atoms with Gasteiger partial charge in [0.2, 0.25) is 6.29 Å². The Bertz CT molecular complexity index is 2380. The summed E-state index contributed by atoms with van der Waals surface area (Å²) in [5.41, 5.74) is -6.87. The average molecular weight is 1230 g/mol. The average Bonchev–Trinajstić information content (AvgIpc) is 0.951. The van der Waals surface area contributed by atoms with Crippen LogP contribution in [0.15, 0.2) is 11.6 Å². The molecule has 28 heteroatoms. The molecule has 31 atom stereocenters. The maximum absolute atomic E-state index is 15.4. The van der Waals surface area contributed by atoms with E-state index in [1.807, 2.05) is 6.92 Å². The SMILES string of the molecule is C[C@H]1O[C@H](O[C@@H]2[C@@H](OC(=O)[C@]34CCC(C)(C)C[C@H]3C3=CCC5[C@@]6(C)C[C@H](O)[C@H](O[C@@H]7O[C@H](CO)[C@@H](O)[C@H](O)[C@H]7O)C(CO)(CO)C6CC[C@@]5(C)C3(C)C[C@H]4O)OC[C@@H](O)[C@H]2O)[C@@H](O)[C@@H](O)[C@@H]1O[C@H]1OC[C@H](O)[C@@H](O[C@H]2OC[C@@](O)(CO)[C@@H]2O)[C@@H]1O. The Hall–Kier alpha value is -1.83. The number of rotatable bonds is 14. The van der Waals surface area contributed by atoms with Gasteiger partial charge in [0.25, 0.3) is 0 Å². The summed E-state index contributed by atoms with van der Waals surface area (Å²) in [6.07, 6.45) is -32.8. The van der Waals surface area contributed by atoms with E-state index in [2.05, 4.69) is 33.8 Å². The molecule has 5 aliphatic heterocycles. The van der Waals surface area contributed by atoms with Crippen LogP contribution in [0.25, 0.3) is 0 Å². The maximum Gasteiger partial charge on any atom is 0.317 e. The number of hydrogen-bond acceptors (Lipinski definition) is 28. The minimum atomic E-state index is -2.08. The number of hydrogen-bond donors (Lipinski definition) is 17. The summed E-state index contributed by atoms with van der Waals surface area (Å²) in [7, 11) is 0. The third-order valence-corrected chi connectivity index (χ3v) is 22.6. The highest BCUT2D eigenvalue weighted by Gasteiger charge is 2.74. The van der Waals surface area contributed by atoms with Crippen molar-refractivity contribution in [1.82, 2.24) is 0 Å². The van der Waals surface area contributed by atoms with Crippen molar-refractivity contribution >= 4 is 5.97 Å². The molecule has 9 fully saturated rings. The van der Waals surface area contributed by atoms with E-state index in [-0.39, 0.29) is 30.6 Å². The fourth-order valence-corrected chi connectivity index (χ4v) is 17.4. The molecule has 0 aromatic heterocycles. The van der Waals surface area contributed by atoms with Gasteiger partial charge in [-0.3, -0.25) is 4.79 Å². The predicted octanol–water partition coefficient (Wildman–Crippen LogP) is -5.38. The molecule has 0 bridgehead atoms. The number of ether oxygens (including phenoxy) is 10. The summed E-state index contributed by atoms with van der Waals surface area (Å²) in [6.45, 7) is 7.41. The Morgan fingerprint density at radius 3 is 1.89 bits per heavy atom. The van der Waals surface area contributed by atoms with E-state index >= 15 is 4.79 Å². The standard InChI is InChI=1S/C57H92O28/c1-23-40(81-45-39(72)41(28(64)18-76-45)82-49-43(73)56(75,21-61)22-78-49)36(69)38(71)46(79-23)83-42-33(66)27(63)17-77-48(42)85-50(74)57-12-11-51(2,3)13-25(57)24-7-8-30-52(4)14-26(62)44(84-47-37(70)35(68)34(67)29(16-58)80-47)55(19-59,20-60)31(52)9-10-53(30,5)54(24,6)15-32(57)65/h7,23,25-49,58-73,75H,8-22H2,1-6H3/t23-,25+,26+,27-,28+,29-,30?,31?,32-,33-,34-,35+,36-,37-,38+,39+,40-,41-,42+,43-,44+,45-,46-,47+,48-,49-,52-,53-,54?,56+,57-/m1/s1. The number of esters is 1. The second-order valence-corrected chi connectivity index (χ2v) is 27.9. The van der Waals surface area contributed by atoms with Crippen LogP contribution in [0.5, 0.6) is 0 Å². The van der Waals surface area contributed by atoms with Crippen LogP contribution in [-0.4, -0.2) is 286 Å². The van der Waals surface area contributed by atoms with E-state index in [4.69, 9.17) is 47.4 Å². The largest absolute Gasteiger partial charge is 0.432 e. The summed E-state index contributed by atoms with van der Waals surface area (Å²) < 4.78 is 58.5. The molecule has 10 aliphatic rings. The van der Waals surface area contributed by atoms with E-state index in [0.29, 0.717) is 32.1 Å². The lowest BCUT2D eigenvalue weighted by Gasteiger charge is -2.72. The van der Waals surface area contributed by atoms with Crippen LogP contribution in [0, 0.1) is 50.2 Å². The van der Waals surface area contributed by atoms with E-state index in [0.717, 1.165) is 5.57 Å². The molecule has 0 spiro atoms. The molecular formula is C57H92O28. The number of carbonyl (C=O) groups excluding carboxylic acids is 1. The second kappa shape index (κ2) is 24.0. The van der Waals surface area contributed by atoms with E-state index in [9.17, 15) is 86.8 Å². The van der Waals surface area contributed by atoms with Crippen LogP contribution < -0.4 is 0 Å². The topological polar surface area (TPSA) is 453 Å². The van der Waals surface area contributed by atoms with Gasteiger partial charge in [-0.15, -0.1) is 0 Å². The highest BCUT2D eigenvalue weighted by atomic mass is 16.8. The van der Waals surface area contributed by atoms with E-state index in [1.165, 1.54) is 6.92 Å². The van der Waals surface area contributed by atoms with Crippen molar-refractivity contribution in [2.75, 3.05) is 46.2 Å².